The first-order valence-corrected chi connectivity index (χ1v) is 20.0. The summed E-state index contributed by atoms with van der Waals surface area (Å²) in [4.78, 5) is 14.5. The van der Waals surface area contributed by atoms with Gasteiger partial charge in [0.1, 0.15) is 0 Å². The fraction of sp³-hybridized carbons (Fsp3) is 0.0392. The molecule has 1 heterocycles. The first kappa shape index (κ1) is 35.4. The van der Waals surface area contributed by atoms with Crippen molar-refractivity contribution in [3.8, 4) is 66.8 Å². The maximum atomic E-state index is 14.5. The lowest BCUT2D eigenvalue weighted by Gasteiger charge is -2.21. The predicted octanol–water partition coefficient (Wildman–Crippen LogP) is 13.1. The van der Waals surface area contributed by atoms with Crippen molar-refractivity contribution in [2.45, 2.75) is 23.6 Å². The van der Waals surface area contributed by atoms with Crippen molar-refractivity contribution in [2.24, 2.45) is 0 Å². The molecular formula is C51H38O3S. The molecule has 55 heavy (non-hydrogen) atoms. The first-order chi connectivity index (χ1) is 26.9. The first-order valence-electron chi connectivity index (χ1n) is 18.5. The molecule has 8 aromatic carbocycles. The summed E-state index contributed by atoms with van der Waals surface area (Å²) in [5, 5.41) is 0. The van der Waals surface area contributed by atoms with E-state index in [1.54, 1.807) is 24.3 Å². The largest absolute Gasteiger partial charge is 0.289 e. The van der Waals surface area contributed by atoms with Crippen molar-refractivity contribution in [1.82, 2.24) is 0 Å². The van der Waals surface area contributed by atoms with Crippen LogP contribution in [0.25, 0.3) is 66.8 Å². The number of benzene rings is 8. The number of carbonyl (C=O) groups is 1. The number of carbonyl (C=O) groups excluding carboxylic acids is 1. The maximum absolute atomic E-state index is 14.5. The molecule has 0 amide bonds. The monoisotopic (exact) mass is 730 g/mol. The van der Waals surface area contributed by atoms with Crippen molar-refractivity contribution in [3.05, 3.63) is 205 Å². The van der Waals surface area contributed by atoms with Crippen LogP contribution in [0.5, 0.6) is 0 Å². The van der Waals surface area contributed by atoms with E-state index in [1.165, 1.54) is 0 Å². The van der Waals surface area contributed by atoms with E-state index in [4.69, 9.17) is 0 Å². The Labute approximate surface area is 323 Å². The van der Waals surface area contributed by atoms with Crippen molar-refractivity contribution in [3.63, 3.8) is 0 Å². The van der Waals surface area contributed by atoms with E-state index in [-0.39, 0.29) is 26.7 Å². The van der Waals surface area contributed by atoms with Gasteiger partial charge < -0.3 is 0 Å². The highest BCUT2D eigenvalue weighted by molar-refractivity contribution is 7.91. The molecular weight excluding hydrogens is 693 g/mol. The zero-order valence-corrected chi connectivity index (χ0v) is 31.4. The highest BCUT2D eigenvalue weighted by Gasteiger charge is 2.35. The smallest absolute Gasteiger partial charge is 0.208 e. The summed E-state index contributed by atoms with van der Waals surface area (Å²) in [5.74, 6) is -0.307. The number of ketones is 1. The van der Waals surface area contributed by atoms with E-state index in [1.807, 2.05) is 98.8 Å². The molecule has 0 saturated heterocycles. The van der Waals surface area contributed by atoms with Crippen LogP contribution >= 0.6 is 0 Å². The quantitative estimate of drug-likeness (QED) is 0.171. The number of sulfone groups is 1. The van der Waals surface area contributed by atoms with E-state index >= 15 is 0 Å². The second-order valence-electron chi connectivity index (χ2n) is 13.3. The van der Waals surface area contributed by atoms with Gasteiger partial charge >= 0.3 is 0 Å². The van der Waals surface area contributed by atoms with Gasteiger partial charge in [-0.25, -0.2) is 8.42 Å². The number of hydrogen-bond acceptors (Lipinski definition) is 3. The summed E-state index contributed by atoms with van der Waals surface area (Å²) in [7, 11) is -3.96. The minimum Gasteiger partial charge on any atom is -0.289 e. The predicted molar refractivity (Wildman–Crippen MR) is 226 cm³/mol. The van der Waals surface area contributed by atoms with Crippen molar-refractivity contribution < 1.29 is 13.2 Å². The molecule has 1 aliphatic rings. The third kappa shape index (κ3) is 6.85. The lowest BCUT2D eigenvalue weighted by atomic mass is 9.90. The minimum absolute atomic E-state index is 0.0337. The Morgan fingerprint density at radius 2 is 0.545 bits per heavy atom. The Morgan fingerprint density at radius 1 is 0.291 bits per heavy atom. The molecule has 0 N–H and O–H groups in total. The minimum atomic E-state index is -3.96. The van der Waals surface area contributed by atoms with E-state index in [9.17, 15) is 13.2 Å². The highest BCUT2D eigenvalue weighted by Crippen LogP contribution is 2.41. The van der Waals surface area contributed by atoms with Crippen LogP contribution in [0.15, 0.2) is 204 Å². The third-order valence-corrected chi connectivity index (χ3v) is 11.9. The zero-order valence-electron chi connectivity index (χ0n) is 30.6. The molecule has 0 saturated carbocycles. The van der Waals surface area contributed by atoms with Crippen LogP contribution < -0.4 is 0 Å². The fourth-order valence-electron chi connectivity index (χ4n) is 7.28. The molecule has 8 aromatic rings. The van der Waals surface area contributed by atoms with Gasteiger partial charge in [0, 0.05) is 11.1 Å². The van der Waals surface area contributed by atoms with Gasteiger partial charge in [-0.1, -0.05) is 147 Å². The van der Waals surface area contributed by atoms with Gasteiger partial charge in [0.25, 0.3) is 0 Å². The molecule has 0 unspecified atom stereocenters. The van der Waals surface area contributed by atoms with Crippen molar-refractivity contribution in [1.29, 1.82) is 0 Å². The third-order valence-electron chi connectivity index (χ3n) is 9.99. The van der Waals surface area contributed by atoms with Crippen molar-refractivity contribution >= 4 is 15.6 Å². The van der Waals surface area contributed by atoms with Crippen molar-refractivity contribution in [2.75, 3.05) is 0 Å². The van der Waals surface area contributed by atoms with E-state index in [2.05, 4.69) is 84.9 Å². The summed E-state index contributed by atoms with van der Waals surface area (Å²) in [6, 6.07) is 63.6. The van der Waals surface area contributed by atoms with E-state index in [0.717, 1.165) is 66.8 Å². The lowest BCUT2D eigenvalue weighted by molar-refractivity contribution is 0.103. The molecule has 0 aliphatic carbocycles. The molecule has 0 fully saturated rings. The van der Waals surface area contributed by atoms with Gasteiger partial charge in [-0.05, 0) is 127 Å². The van der Waals surface area contributed by atoms with E-state index < -0.39 is 9.84 Å². The van der Waals surface area contributed by atoms with Crippen LogP contribution in [0, 0.1) is 0 Å². The molecule has 0 atom stereocenters. The Morgan fingerprint density at radius 3 is 0.818 bits per heavy atom. The normalized spacial score (nSPS) is 12.5. The molecule has 9 rings (SSSR count). The summed E-state index contributed by atoms with van der Waals surface area (Å²) >= 11 is 0. The Kier molecular flexibility index (Phi) is 9.67. The van der Waals surface area contributed by atoms with Crippen LogP contribution in [0.4, 0.5) is 0 Å². The molecule has 0 radical (unpaired) electrons. The van der Waals surface area contributed by atoms with Crippen LogP contribution in [-0.4, -0.2) is 14.2 Å². The molecule has 4 heteroatoms. The number of hydrogen-bond donors (Lipinski definition) is 0. The second kappa shape index (κ2) is 15.0. The van der Waals surface area contributed by atoms with Gasteiger partial charge in [0.2, 0.25) is 9.84 Å². The van der Waals surface area contributed by atoms with Gasteiger partial charge in [-0.3, -0.25) is 4.79 Å². The molecule has 0 bridgehead atoms. The van der Waals surface area contributed by atoms with Gasteiger partial charge in [-0.15, -0.1) is 0 Å². The molecule has 0 aromatic heterocycles. The molecule has 0 spiro atoms. The molecule has 1 aliphatic heterocycles. The topological polar surface area (TPSA) is 51.2 Å². The second-order valence-corrected chi connectivity index (χ2v) is 15.2. The van der Waals surface area contributed by atoms with Crippen LogP contribution in [-0.2, 0) is 9.84 Å². The zero-order chi connectivity index (χ0) is 37.9. The summed E-state index contributed by atoms with van der Waals surface area (Å²) in [6.45, 7) is 4.00. The standard InChI is InChI=1S/C49H32O3S.C2H6/c50-49-45-31-37(43-27-39(33-13-5-1-6-14-33)25-40(28-43)34-15-7-2-8-16-34)21-23-47(45)53(51,52)48-24-22-38(32-46(48)49)44-29-41(35-17-9-3-10-18-35)26-42(30-44)36-19-11-4-12-20-36;1-2/h1-32H;1-2H3. The fourth-order valence-corrected chi connectivity index (χ4v) is 8.90. The Hall–Kier alpha value is -6.62. The van der Waals surface area contributed by atoms with Crippen LogP contribution in [0.3, 0.4) is 0 Å². The molecule has 266 valence electrons. The van der Waals surface area contributed by atoms with E-state index in [0.29, 0.717) is 0 Å². The maximum Gasteiger partial charge on any atom is 0.208 e. The average Bonchev–Trinajstić information content (AvgIpc) is 3.27. The molecule has 3 nitrogen and oxygen atoms in total. The van der Waals surface area contributed by atoms with Gasteiger partial charge in [0.15, 0.2) is 5.78 Å². The van der Waals surface area contributed by atoms with Gasteiger partial charge in [-0.2, -0.15) is 0 Å². The summed E-state index contributed by atoms with van der Waals surface area (Å²) in [6.07, 6.45) is 0. The Bertz CT molecular complexity index is 2470. The summed E-state index contributed by atoms with van der Waals surface area (Å²) < 4.78 is 28.3. The van der Waals surface area contributed by atoms with Crippen LogP contribution in [0.1, 0.15) is 29.8 Å². The number of rotatable bonds is 6. The van der Waals surface area contributed by atoms with Crippen LogP contribution in [0.2, 0.25) is 0 Å². The SMILES string of the molecule is CC.O=C1c2cc(-c3cc(-c4ccccc4)cc(-c4ccccc4)c3)ccc2S(=O)(=O)c2ccc(-c3cc(-c4ccccc4)cc(-c4ccccc4)c3)cc21. The lowest BCUT2D eigenvalue weighted by Crippen LogP contribution is -2.20. The highest BCUT2D eigenvalue weighted by atomic mass is 32.2. The summed E-state index contributed by atoms with van der Waals surface area (Å²) in [5.41, 5.74) is 12.1. The Balaban J connectivity index is 0.00000210. The van der Waals surface area contributed by atoms with Gasteiger partial charge in [0.05, 0.1) is 9.79 Å². The average molecular weight is 731 g/mol. The number of fused-ring (bicyclic) bond motifs is 2.